The van der Waals surface area contributed by atoms with Gasteiger partial charge in [-0.2, -0.15) is 0 Å². The van der Waals surface area contributed by atoms with Crippen LogP contribution >= 0.6 is 0 Å². The van der Waals surface area contributed by atoms with Crippen molar-refractivity contribution in [3.63, 3.8) is 0 Å². The van der Waals surface area contributed by atoms with Gasteiger partial charge in [0, 0.05) is 7.05 Å². The minimum absolute atomic E-state index is 0.0207. The minimum atomic E-state index is -0.0829. The number of nitrogens with zero attached hydrogens (tertiary/aromatic N) is 1. The van der Waals surface area contributed by atoms with E-state index in [0.29, 0.717) is 0 Å². The predicted octanol–water partition coefficient (Wildman–Crippen LogP) is 1.44. The van der Waals surface area contributed by atoms with E-state index in [2.05, 4.69) is 24.4 Å². The summed E-state index contributed by atoms with van der Waals surface area (Å²) in [7, 11) is 1.84. The first kappa shape index (κ1) is 10.2. The lowest BCUT2D eigenvalue weighted by Gasteiger charge is -2.20. The maximum absolute atomic E-state index is 11.6. The van der Waals surface area contributed by atoms with E-state index in [1.807, 2.05) is 26.1 Å². The fraction of sp³-hybridized carbons (Fsp3) is 0.417. The van der Waals surface area contributed by atoms with E-state index < -0.39 is 0 Å². The first-order valence-corrected chi connectivity index (χ1v) is 5.19. The van der Waals surface area contributed by atoms with Crippen LogP contribution in [-0.2, 0) is 4.79 Å². The topological polar surface area (TPSA) is 32.3 Å². The maximum atomic E-state index is 11.6. The zero-order valence-corrected chi connectivity index (χ0v) is 9.32. The molecule has 1 fully saturated rings. The van der Waals surface area contributed by atoms with Crippen LogP contribution in [0.2, 0.25) is 0 Å². The van der Waals surface area contributed by atoms with Crippen molar-refractivity contribution in [1.29, 1.82) is 0 Å². The number of amides is 1. The summed E-state index contributed by atoms with van der Waals surface area (Å²) in [5.41, 5.74) is 2.37. The predicted molar refractivity (Wildman–Crippen MR) is 59.3 cm³/mol. The molecule has 1 heterocycles. The van der Waals surface area contributed by atoms with E-state index in [1.165, 1.54) is 5.56 Å². The zero-order chi connectivity index (χ0) is 11.0. The van der Waals surface area contributed by atoms with Gasteiger partial charge in [-0.3, -0.25) is 10.1 Å². The number of nitrogens with one attached hydrogen (secondary N) is 1. The van der Waals surface area contributed by atoms with Gasteiger partial charge in [0.15, 0.2) is 0 Å². The van der Waals surface area contributed by atoms with Crippen molar-refractivity contribution in [3.8, 4) is 0 Å². The van der Waals surface area contributed by atoms with Gasteiger partial charge in [0.05, 0.1) is 6.04 Å². The Hall–Kier alpha value is -1.35. The average molecular weight is 204 g/mol. The van der Waals surface area contributed by atoms with Crippen molar-refractivity contribution in [2.24, 2.45) is 0 Å². The van der Waals surface area contributed by atoms with E-state index in [1.54, 1.807) is 4.90 Å². The summed E-state index contributed by atoms with van der Waals surface area (Å²) in [6.07, 6.45) is 0.0207. The van der Waals surface area contributed by atoms with Crippen molar-refractivity contribution in [3.05, 3.63) is 35.4 Å². The van der Waals surface area contributed by atoms with Gasteiger partial charge in [-0.15, -0.1) is 0 Å². The van der Waals surface area contributed by atoms with Gasteiger partial charge < -0.3 is 4.90 Å². The van der Waals surface area contributed by atoms with Crippen molar-refractivity contribution in [2.45, 2.75) is 26.1 Å². The molecule has 3 nitrogen and oxygen atoms in total. The van der Waals surface area contributed by atoms with E-state index in [4.69, 9.17) is 0 Å². The Bertz CT molecular complexity index is 389. The molecule has 0 radical (unpaired) electrons. The summed E-state index contributed by atoms with van der Waals surface area (Å²) in [6, 6.07) is 8.16. The highest BCUT2D eigenvalue weighted by atomic mass is 16.2. The molecule has 1 amide bonds. The molecule has 15 heavy (non-hydrogen) atoms. The molecule has 2 unspecified atom stereocenters. The minimum Gasteiger partial charge on any atom is -0.325 e. The summed E-state index contributed by atoms with van der Waals surface area (Å²) in [5.74, 6) is 0.154. The van der Waals surface area contributed by atoms with Crippen molar-refractivity contribution < 1.29 is 4.79 Å². The molecule has 3 heteroatoms. The monoisotopic (exact) mass is 204 g/mol. The number of aryl methyl sites for hydroxylation is 1. The Morgan fingerprint density at radius 3 is 2.67 bits per heavy atom. The molecule has 2 atom stereocenters. The summed E-state index contributed by atoms with van der Waals surface area (Å²) in [4.78, 5) is 13.4. The highest BCUT2D eigenvalue weighted by molar-refractivity contribution is 5.83. The van der Waals surface area contributed by atoms with E-state index in [-0.39, 0.29) is 18.1 Å². The molecule has 1 N–H and O–H groups in total. The average Bonchev–Trinajstić information content (AvgIpc) is 2.46. The summed E-state index contributed by atoms with van der Waals surface area (Å²) < 4.78 is 0. The molecule has 1 aliphatic heterocycles. The van der Waals surface area contributed by atoms with Crippen molar-refractivity contribution in [2.75, 3.05) is 7.05 Å². The van der Waals surface area contributed by atoms with Crippen LogP contribution in [0.15, 0.2) is 24.3 Å². The molecule has 1 aromatic rings. The van der Waals surface area contributed by atoms with Crippen LogP contribution < -0.4 is 5.32 Å². The van der Waals surface area contributed by atoms with Crippen LogP contribution in [0.25, 0.3) is 0 Å². The first-order chi connectivity index (χ1) is 7.09. The number of likely N-dealkylation sites (N-methyl/N-ethyl adjacent to an activating group) is 1. The van der Waals surface area contributed by atoms with E-state index >= 15 is 0 Å². The molecule has 1 aromatic carbocycles. The fourth-order valence-corrected chi connectivity index (χ4v) is 2.01. The Morgan fingerprint density at radius 1 is 1.40 bits per heavy atom. The molecule has 0 aromatic heterocycles. The summed E-state index contributed by atoms with van der Waals surface area (Å²) in [5, 5.41) is 3.27. The number of carbonyl (C=O) groups is 1. The molecule has 80 valence electrons. The highest BCUT2D eigenvalue weighted by Crippen LogP contribution is 2.23. The summed E-state index contributed by atoms with van der Waals surface area (Å²) >= 11 is 0. The second-order valence-corrected chi connectivity index (χ2v) is 4.15. The van der Waals surface area contributed by atoms with Gasteiger partial charge in [0.25, 0.3) is 0 Å². The van der Waals surface area contributed by atoms with Gasteiger partial charge in [-0.05, 0) is 19.4 Å². The first-order valence-electron chi connectivity index (χ1n) is 5.19. The highest BCUT2D eigenvalue weighted by Gasteiger charge is 2.34. The molecule has 1 saturated heterocycles. The lowest BCUT2D eigenvalue weighted by Crippen LogP contribution is -2.25. The molecular formula is C12H16N2O. The number of carbonyl (C=O) groups excluding carboxylic acids is 1. The number of hydrogen-bond acceptors (Lipinski definition) is 2. The Labute approximate surface area is 90.1 Å². The zero-order valence-electron chi connectivity index (χ0n) is 9.32. The number of rotatable bonds is 1. The SMILES string of the molecule is Cc1cccc(C2NC(C)C(=O)N2C)c1. The van der Waals surface area contributed by atoms with Crippen LogP contribution in [0, 0.1) is 6.92 Å². The van der Waals surface area contributed by atoms with Crippen molar-refractivity contribution >= 4 is 5.91 Å². The smallest absolute Gasteiger partial charge is 0.240 e. The molecule has 0 saturated carbocycles. The Kier molecular flexibility index (Phi) is 2.49. The second-order valence-electron chi connectivity index (χ2n) is 4.15. The van der Waals surface area contributed by atoms with Gasteiger partial charge >= 0.3 is 0 Å². The van der Waals surface area contributed by atoms with Gasteiger partial charge in [-0.25, -0.2) is 0 Å². The largest absolute Gasteiger partial charge is 0.325 e. The second kappa shape index (κ2) is 3.66. The van der Waals surface area contributed by atoms with Crippen LogP contribution in [0.5, 0.6) is 0 Å². The Balaban J connectivity index is 2.29. The number of benzene rings is 1. The molecule has 2 rings (SSSR count). The van der Waals surface area contributed by atoms with Gasteiger partial charge in [0.2, 0.25) is 5.91 Å². The third-order valence-corrected chi connectivity index (χ3v) is 2.87. The van der Waals surface area contributed by atoms with Crippen LogP contribution in [-0.4, -0.2) is 23.9 Å². The van der Waals surface area contributed by atoms with E-state index in [0.717, 1.165) is 5.56 Å². The van der Waals surface area contributed by atoms with Crippen LogP contribution in [0.3, 0.4) is 0 Å². The van der Waals surface area contributed by atoms with Crippen LogP contribution in [0.1, 0.15) is 24.2 Å². The standard InChI is InChI=1S/C12H16N2O/c1-8-5-4-6-10(7-8)11-13-9(2)12(15)14(11)3/h4-7,9,11,13H,1-3H3. The normalized spacial score (nSPS) is 26.1. The van der Waals surface area contributed by atoms with Gasteiger partial charge in [-0.1, -0.05) is 29.8 Å². The maximum Gasteiger partial charge on any atom is 0.240 e. The molecule has 0 aliphatic carbocycles. The lowest BCUT2D eigenvalue weighted by molar-refractivity contribution is -0.128. The summed E-state index contributed by atoms with van der Waals surface area (Å²) in [6.45, 7) is 3.96. The fourth-order valence-electron chi connectivity index (χ4n) is 2.01. The molecule has 1 aliphatic rings. The number of hydrogen-bond donors (Lipinski definition) is 1. The third-order valence-electron chi connectivity index (χ3n) is 2.87. The Morgan fingerprint density at radius 2 is 2.13 bits per heavy atom. The van der Waals surface area contributed by atoms with Gasteiger partial charge in [0.1, 0.15) is 6.17 Å². The molecule has 0 spiro atoms. The van der Waals surface area contributed by atoms with Crippen molar-refractivity contribution in [1.82, 2.24) is 10.2 Å². The quantitative estimate of drug-likeness (QED) is 0.750. The molecular weight excluding hydrogens is 188 g/mol. The van der Waals surface area contributed by atoms with Crippen LogP contribution in [0.4, 0.5) is 0 Å². The lowest BCUT2D eigenvalue weighted by atomic mass is 10.1. The van der Waals surface area contributed by atoms with E-state index in [9.17, 15) is 4.79 Å². The molecule has 0 bridgehead atoms. The third kappa shape index (κ3) is 1.75.